The third kappa shape index (κ3) is 2.11. The molecule has 76 valence electrons. The normalized spacial score (nSPS) is 13.7. The lowest BCUT2D eigenvalue weighted by Crippen LogP contribution is -2.12. The van der Waals surface area contributed by atoms with E-state index in [2.05, 4.69) is 0 Å². The van der Waals surface area contributed by atoms with Crippen LogP contribution >= 0.6 is 0 Å². The zero-order valence-corrected chi connectivity index (χ0v) is 6.95. The number of halogens is 3. The van der Waals surface area contributed by atoms with Gasteiger partial charge in [-0.25, -0.2) is 0 Å². The highest BCUT2D eigenvalue weighted by Gasteiger charge is 2.34. The highest BCUT2D eigenvalue weighted by Crippen LogP contribution is 2.33. The van der Waals surface area contributed by atoms with Crippen LogP contribution in [-0.2, 0) is 11.0 Å². The van der Waals surface area contributed by atoms with E-state index in [9.17, 15) is 18.0 Å². The fourth-order valence-corrected chi connectivity index (χ4v) is 1.09. The molecule has 0 fully saturated rings. The second-order valence-corrected chi connectivity index (χ2v) is 2.67. The van der Waals surface area contributed by atoms with E-state index in [-0.39, 0.29) is 6.29 Å². The zero-order valence-electron chi connectivity index (χ0n) is 6.95. The van der Waals surface area contributed by atoms with Crippen molar-refractivity contribution in [3.05, 3.63) is 35.4 Å². The molecule has 0 saturated heterocycles. The minimum atomic E-state index is -4.55. The number of hydrogen-bond acceptors (Lipinski definition) is 2. The van der Waals surface area contributed by atoms with Gasteiger partial charge in [0, 0.05) is 0 Å². The van der Waals surface area contributed by atoms with E-state index in [1.807, 2.05) is 0 Å². The molecular weight excluding hydrogens is 197 g/mol. The monoisotopic (exact) mass is 204 g/mol. The molecule has 0 aliphatic rings. The van der Waals surface area contributed by atoms with Gasteiger partial charge in [-0.1, -0.05) is 18.2 Å². The number of aldehydes is 1. The van der Waals surface area contributed by atoms with Crippen LogP contribution in [0.1, 0.15) is 17.2 Å². The summed E-state index contributed by atoms with van der Waals surface area (Å²) in [6.45, 7) is 0. The molecule has 0 bridgehead atoms. The van der Waals surface area contributed by atoms with Gasteiger partial charge < -0.3 is 9.90 Å². The lowest BCUT2D eigenvalue weighted by molar-refractivity contribution is -0.139. The molecule has 1 atom stereocenters. The minimum absolute atomic E-state index is 0.0601. The summed E-state index contributed by atoms with van der Waals surface area (Å²) in [5, 5.41) is 9.01. The van der Waals surface area contributed by atoms with E-state index < -0.39 is 23.4 Å². The first kappa shape index (κ1) is 10.7. The average molecular weight is 204 g/mol. The van der Waals surface area contributed by atoms with Crippen LogP contribution in [-0.4, -0.2) is 11.4 Å². The fraction of sp³-hybridized carbons (Fsp3) is 0.222. The molecule has 1 aromatic carbocycles. The van der Waals surface area contributed by atoms with Crippen LogP contribution in [0.5, 0.6) is 0 Å². The number of carbonyl (C=O) groups is 1. The predicted octanol–water partition coefficient (Wildman–Crippen LogP) is 1.94. The van der Waals surface area contributed by atoms with E-state index in [4.69, 9.17) is 5.11 Å². The maximum absolute atomic E-state index is 12.3. The van der Waals surface area contributed by atoms with Crippen LogP contribution in [0.25, 0.3) is 0 Å². The number of hydrogen-bond donors (Lipinski definition) is 1. The Morgan fingerprint density at radius 3 is 2.36 bits per heavy atom. The number of aliphatic hydroxyl groups excluding tert-OH is 1. The summed E-state index contributed by atoms with van der Waals surface area (Å²) in [5.41, 5.74) is -1.41. The van der Waals surface area contributed by atoms with E-state index in [1.54, 1.807) is 0 Å². The molecule has 0 amide bonds. The van der Waals surface area contributed by atoms with Gasteiger partial charge in [-0.3, -0.25) is 0 Å². The minimum Gasteiger partial charge on any atom is -0.381 e. The molecule has 0 aliphatic carbocycles. The summed E-state index contributed by atoms with van der Waals surface area (Å²) in [7, 11) is 0. The summed E-state index contributed by atoms with van der Waals surface area (Å²) in [6, 6.07) is 4.42. The molecule has 0 radical (unpaired) electrons. The van der Waals surface area contributed by atoms with E-state index in [1.165, 1.54) is 12.1 Å². The number of benzene rings is 1. The molecule has 1 unspecified atom stereocenters. The van der Waals surface area contributed by atoms with Gasteiger partial charge >= 0.3 is 6.18 Å². The van der Waals surface area contributed by atoms with Gasteiger partial charge in [-0.05, 0) is 11.6 Å². The number of rotatable bonds is 2. The van der Waals surface area contributed by atoms with Gasteiger partial charge in [0.15, 0.2) is 6.29 Å². The highest BCUT2D eigenvalue weighted by molar-refractivity contribution is 5.60. The Hall–Kier alpha value is -1.36. The number of carbonyl (C=O) groups excluding carboxylic acids is 1. The molecule has 0 heterocycles. The largest absolute Gasteiger partial charge is 0.416 e. The van der Waals surface area contributed by atoms with Crippen LogP contribution in [0.2, 0.25) is 0 Å². The number of alkyl halides is 3. The van der Waals surface area contributed by atoms with Crippen molar-refractivity contribution in [3.8, 4) is 0 Å². The first-order valence-corrected chi connectivity index (χ1v) is 3.76. The van der Waals surface area contributed by atoms with Gasteiger partial charge in [-0.2, -0.15) is 13.2 Å². The molecule has 1 rings (SSSR count). The van der Waals surface area contributed by atoms with Gasteiger partial charge in [0.25, 0.3) is 0 Å². The fourth-order valence-electron chi connectivity index (χ4n) is 1.09. The Labute approximate surface area is 78.0 Å². The summed E-state index contributed by atoms with van der Waals surface area (Å²) in [4.78, 5) is 10.2. The molecule has 0 aromatic heterocycles. The first-order valence-electron chi connectivity index (χ1n) is 3.76. The van der Waals surface area contributed by atoms with Crippen LogP contribution < -0.4 is 0 Å². The van der Waals surface area contributed by atoms with Crippen molar-refractivity contribution < 1.29 is 23.1 Å². The SMILES string of the molecule is O=CC(O)c1ccccc1C(F)(F)F. The van der Waals surface area contributed by atoms with Gasteiger partial charge in [0.1, 0.15) is 6.10 Å². The van der Waals surface area contributed by atoms with Crippen molar-refractivity contribution in [3.63, 3.8) is 0 Å². The van der Waals surface area contributed by atoms with Crippen LogP contribution in [0.4, 0.5) is 13.2 Å². The number of aliphatic hydroxyl groups is 1. The van der Waals surface area contributed by atoms with E-state index in [0.29, 0.717) is 0 Å². The van der Waals surface area contributed by atoms with Crippen molar-refractivity contribution in [1.29, 1.82) is 0 Å². The zero-order chi connectivity index (χ0) is 10.8. The van der Waals surface area contributed by atoms with Gasteiger partial charge in [0.2, 0.25) is 0 Å². The van der Waals surface area contributed by atoms with Crippen molar-refractivity contribution in [2.24, 2.45) is 0 Å². The lowest BCUT2D eigenvalue weighted by atomic mass is 10.0. The molecular formula is C9H7F3O2. The second-order valence-electron chi connectivity index (χ2n) is 2.67. The smallest absolute Gasteiger partial charge is 0.381 e. The Morgan fingerprint density at radius 2 is 1.86 bits per heavy atom. The molecule has 0 aliphatic heterocycles. The Bertz CT molecular complexity index is 333. The van der Waals surface area contributed by atoms with Crippen molar-refractivity contribution in [1.82, 2.24) is 0 Å². The molecule has 1 N–H and O–H groups in total. The third-order valence-corrected chi connectivity index (χ3v) is 1.71. The summed E-state index contributed by atoms with van der Waals surface area (Å²) in [6.07, 6.45) is -6.22. The third-order valence-electron chi connectivity index (χ3n) is 1.71. The summed E-state index contributed by atoms with van der Waals surface area (Å²) >= 11 is 0. The van der Waals surface area contributed by atoms with Crippen molar-refractivity contribution in [2.75, 3.05) is 0 Å². The average Bonchev–Trinajstić information content (AvgIpc) is 2.15. The van der Waals surface area contributed by atoms with Gasteiger partial charge in [0.05, 0.1) is 5.56 Å². The van der Waals surface area contributed by atoms with Crippen LogP contribution in [0.3, 0.4) is 0 Å². The maximum atomic E-state index is 12.3. The lowest BCUT2D eigenvalue weighted by Gasteiger charge is -2.13. The van der Waals surface area contributed by atoms with Gasteiger partial charge in [-0.15, -0.1) is 0 Å². The summed E-state index contributed by atoms with van der Waals surface area (Å²) in [5.74, 6) is 0. The quantitative estimate of drug-likeness (QED) is 0.747. The standard InChI is InChI=1S/C9H7F3O2/c10-9(11,12)7-4-2-1-3-6(7)8(14)5-13/h1-5,8,14H. The van der Waals surface area contributed by atoms with Crippen LogP contribution in [0.15, 0.2) is 24.3 Å². The summed E-state index contributed by atoms with van der Waals surface area (Å²) < 4.78 is 37.0. The Morgan fingerprint density at radius 1 is 1.29 bits per heavy atom. The predicted molar refractivity (Wildman–Crippen MR) is 42.5 cm³/mol. The maximum Gasteiger partial charge on any atom is 0.416 e. The topological polar surface area (TPSA) is 37.3 Å². The highest BCUT2D eigenvalue weighted by atomic mass is 19.4. The van der Waals surface area contributed by atoms with Crippen LogP contribution in [0, 0.1) is 0 Å². The molecule has 0 saturated carbocycles. The van der Waals surface area contributed by atoms with Crippen molar-refractivity contribution in [2.45, 2.75) is 12.3 Å². The Balaban J connectivity index is 3.22. The molecule has 2 nitrogen and oxygen atoms in total. The van der Waals surface area contributed by atoms with Crippen molar-refractivity contribution >= 4 is 6.29 Å². The molecule has 5 heteroatoms. The molecule has 14 heavy (non-hydrogen) atoms. The Kier molecular flexibility index (Phi) is 2.90. The first-order chi connectivity index (χ1) is 6.46. The van der Waals surface area contributed by atoms with E-state index in [0.717, 1.165) is 12.1 Å². The molecule has 0 spiro atoms. The second kappa shape index (κ2) is 3.79. The molecule has 1 aromatic rings. The van der Waals surface area contributed by atoms with E-state index >= 15 is 0 Å².